The van der Waals surface area contributed by atoms with Crippen molar-refractivity contribution < 1.29 is 19.4 Å². The minimum atomic E-state index is -1.77. The van der Waals surface area contributed by atoms with Crippen molar-refractivity contribution in [3.05, 3.63) is 59.2 Å². The molecule has 5 nitrogen and oxygen atoms in total. The maximum Gasteiger partial charge on any atom is 0.264 e. The van der Waals surface area contributed by atoms with Crippen molar-refractivity contribution in [2.75, 3.05) is 18.1 Å². The van der Waals surface area contributed by atoms with Gasteiger partial charge in [0.05, 0.1) is 12.3 Å². The van der Waals surface area contributed by atoms with Crippen molar-refractivity contribution in [2.24, 2.45) is 0 Å². The van der Waals surface area contributed by atoms with E-state index >= 15 is 0 Å². The molecule has 1 aliphatic heterocycles. The van der Waals surface area contributed by atoms with Crippen molar-refractivity contribution in [1.29, 1.82) is 0 Å². The summed E-state index contributed by atoms with van der Waals surface area (Å²) in [4.78, 5) is 26.1. The zero-order chi connectivity index (χ0) is 19.6. The van der Waals surface area contributed by atoms with Gasteiger partial charge in [-0.3, -0.25) is 9.59 Å². The van der Waals surface area contributed by atoms with Gasteiger partial charge in [0.15, 0.2) is 5.60 Å². The van der Waals surface area contributed by atoms with Crippen LogP contribution in [-0.2, 0) is 15.2 Å². The van der Waals surface area contributed by atoms with Gasteiger partial charge >= 0.3 is 0 Å². The number of carbonyl (C=O) groups excluding carboxylic acids is 2. The third-order valence-corrected chi connectivity index (χ3v) is 4.81. The van der Waals surface area contributed by atoms with E-state index < -0.39 is 11.5 Å². The average Bonchev–Trinajstić information content (AvgIpc) is 2.81. The van der Waals surface area contributed by atoms with E-state index in [1.165, 1.54) is 12.5 Å². The fourth-order valence-corrected chi connectivity index (χ4v) is 3.46. The zero-order valence-electron chi connectivity index (χ0n) is 16.0. The first kappa shape index (κ1) is 19.1. The van der Waals surface area contributed by atoms with E-state index in [-0.39, 0.29) is 12.2 Å². The van der Waals surface area contributed by atoms with Crippen LogP contribution in [-0.4, -0.2) is 29.9 Å². The summed E-state index contributed by atoms with van der Waals surface area (Å²) in [5.41, 5.74) is 1.52. The summed E-state index contributed by atoms with van der Waals surface area (Å²) in [7, 11) is 0. The molecule has 2 aromatic rings. The molecule has 1 heterocycles. The number of anilines is 1. The van der Waals surface area contributed by atoms with Crippen LogP contribution >= 0.6 is 0 Å². The molecule has 27 heavy (non-hydrogen) atoms. The Kier molecular flexibility index (Phi) is 5.33. The number of Topliss-reactive ketones (excluding diaryl/α,β-unsaturated/α-hetero) is 1. The third-order valence-electron chi connectivity index (χ3n) is 4.81. The molecule has 5 heteroatoms. The lowest BCUT2D eigenvalue weighted by molar-refractivity contribution is -0.141. The number of fused-ring (bicyclic) bond motifs is 1. The Balaban J connectivity index is 1.71. The Labute approximate surface area is 159 Å². The zero-order valence-corrected chi connectivity index (χ0v) is 16.0. The van der Waals surface area contributed by atoms with Gasteiger partial charge in [-0.15, -0.1) is 0 Å². The first-order valence-corrected chi connectivity index (χ1v) is 9.15. The number of rotatable bonds is 7. The molecule has 0 aromatic heterocycles. The fourth-order valence-electron chi connectivity index (χ4n) is 3.46. The van der Waals surface area contributed by atoms with E-state index in [0.717, 1.165) is 11.3 Å². The maximum atomic E-state index is 12.9. The van der Waals surface area contributed by atoms with Gasteiger partial charge in [-0.2, -0.15) is 0 Å². The minimum Gasteiger partial charge on any atom is -0.494 e. The molecule has 1 aliphatic rings. The van der Waals surface area contributed by atoms with E-state index in [1.54, 1.807) is 11.0 Å². The Morgan fingerprint density at radius 3 is 2.44 bits per heavy atom. The van der Waals surface area contributed by atoms with Crippen LogP contribution in [0, 0.1) is 13.8 Å². The van der Waals surface area contributed by atoms with Crippen LogP contribution in [0.25, 0.3) is 0 Å². The summed E-state index contributed by atoms with van der Waals surface area (Å²) in [5, 5.41) is 11.0. The second-order valence-electron chi connectivity index (χ2n) is 7.23. The van der Waals surface area contributed by atoms with E-state index in [0.29, 0.717) is 30.8 Å². The number of ketones is 1. The van der Waals surface area contributed by atoms with Crippen LogP contribution in [0.15, 0.2) is 42.5 Å². The van der Waals surface area contributed by atoms with Gasteiger partial charge in [-0.1, -0.05) is 35.4 Å². The van der Waals surface area contributed by atoms with Crippen molar-refractivity contribution >= 4 is 17.4 Å². The second kappa shape index (κ2) is 7.53. The molecule has 0 bridgehead atoms. The van der Waals surface area contributed by atoms with Gasteiger partial charge in [0, 0.05) is 18.5 Å². The standard InChI is InChI=1S/C22H25NO4/c1-15-5-8-18(9-6-15)27-12-4-11-23-20-10-7-16(2)13-19(20)22(26,21(23)25)14-17(3)24/h5-10,13,26H,4,11-12,14H2,1-3H3/t22-/m1/s1. The average molecular weight is 367 g/mol. The number of hydrogen-bond donors (Lipinski definition) is 1. The van der Waals surface area contributed by atoms with Crippen LogP contribution in [0.4, 0.5) is 5.69 Å². The van der Waals surface area contributed by atoms with Crippen molar-refractivity contribution in [2.45, 2.75) is 39.2 Å². The fraction of sp³-hybridized carbons (Fsp3) is 0.364. The summed E-state index contributed by atoms with van der Waals surface area (Å²) in [6.07, 6.45) is 0.405. The molecule has 0 spiro atoms. The number of aliphatic hydroxyl groups is 1. The number of carbonyl (C=O) groups is 2. The van der Waals surface area contributed by atoms with Crippen molar-refractivity contribution in [3.8, 4) is 5.75 Å². The highest BCUT2D eigenvalue weighted by Crippen LogP contribution is 2.43. The van der Waals surface area contributed by atoms with Gasteiger partial charge in [-0.05, 0) is 45.4 Å². The van der Waals surface area contributed by atoms with Crippen LogP contribution in [0.3, 0.4) is 0 Å². The molecule has 0 unspecified atom stereocenters. The highest BCUT2D eigenvalue weighted by Gasteiger charge is 2.50. The highest BCUT2D eigenvalue weighted by atomic mass is 16.5. The smallest absolute Gasteiger partial charge is 0.264 e. The first-order chi connectivity index (χ1) is 12.8. The molecular formula is C22H25NO4. The second-order valence-corrected chi connectivity index (χ2v) is 7.23. The molecule has 1 amide bonds. The summed E-state index contributed by atoms with van der Waals surface area (Å²) < 4.78 is 5.73. The molecule has 142 valence electrons. The van der Waals surface area contributed by atoms with Gasteiger partial charge in [0.1, 0.15) is 11.5 Å². The quantitative estimate of drug-likeness (QED) is 0.763. The monoisotopic (exact) mass is 367 g/mol. The molecule has 1 N–H and O–H groups in total. The van der Waals surface area contributed by atoms with Crippen LogP contribution in [0.5, 0.6) is 5.75 Å². The predicted molar refractivity (Wildman–Crippen MR) is 104 cm³/mol. The maximum absolute atomic E-state index is 12.9. The topological polar surface area (TPSA) is 66.8 Å². The Hall–Kier alpha value is -2.66. The number of benzene rings is 2. The first-order valence-electron chi connectivity index (χ1n) is 9.15. The lowest BCUT2D eigenvalue weighted by Crippen LogP contribution is -2.42. The van der Waals surface area contributed by atoms with Gasteiger partial charge in [-0.25, -0.2) is 0 Å². The highest BCUT2D eigenvalue weighted by molar-refractivity contribution is 6.08. The van der Waals surface area contributed by atoms with E-state index in [9.17, 15) is 14.7 Å². The molecule has 1 atom stereocenters. The van der Waals surface area contributed by atoms with Crippen molar-refractivity contribution in [1.82, 2.24) is 0 Å². The van der Waals surface area contributed by atoms with Gasteiger partial charge in [0.25, 0.3) is 5.91 Å². The number of amides is 1. The van der Waals surface area contributed by atoms with E-state index in [1.807, 2.05) is 50.2 Å². The molecule has 3 rings (SSSR count). The number of nitrogens with zero attached hydrogens (tertiary/aromatic N) is 1. The van der Waals surface area contributed by atoms with Crippen LogP contribution in [0.1, 0.15) is 36.5 Å². The lowest BCUT2D eigenvalue weighted by atomic mass is 9.89. The Morgan fingerprint density at radius 1 is 1.11 bits per heavy atom. The van der Waals surface area contributed by atoms with E-state index in [2.05, 4.69) is 0 Å². The largest absolute Gasteiger partial charge is 0.494 e. The summed E-state index contributed by atoms with van der Waals surface area (Å²) in [6, 6.07) is 13.3. The Bertz CT molecular complexity index is 859. The molecule has 0 radical (unpaired) electrons. The number of ether oxygens (including phenoxy) is 1. The summed E-state index contributed by atoms with van der Waals surface area (Å²) in [6.45, 7) is 6.18. The molecule has 0 saturated heterocycles. The van der Waals surface area contributed by atoms with Crippen LogP contribution < -0.4 is 9.64 Å². The van der Waals surface area contributed by atoms with Gasteiger partial charge < -0.3 is 14.7 Å². The summed E-state index contributed by atoms with van der Waals surface area (Å²) >= 11 is 0. The van der Waals surface area contributed by atoms with Crippen molar-refractivity contribution in [3.63, 3.8) is 0 Å². The number of aryl methyl sites for hydroxylation is 2. The lowest BCUT2D eigenvalue weighted by Gasteiger charge is -2.22. The number of hydrogen-bond acceptors (Lipinski definition) is 4. The minimum absolute atomic E-state index is 0.210. The summed E-state index contributed by atoms with van der Waals surface area (Å²) in [5.74, 6) is 0.133. The molecule has 0 aliphatic carbocycles. The molecule has 0 fully saturated rings. The molecule has 0 saturated carbocycles. The van der Waals surface area contributed by atoms with E-state index in [4.69, 9.17) is 4.74 Å². The van der Waals surface area contributed by atoms with Crippen LogP contribution in [0.2, 0.25) is 0 Å². The molecule has 2 aromatic carbocycles. The SMILES string of the molecule is CC(=O)C[C@]1(O)C(=O)N(CCCOc2ccc(C)cc2)c2ccc(C)cc21. The molecular weight excluding hydrogens is 342 g/mol. The third kappa shape index (κ3) is 3.88. The Morgan fingerprint density at radius 2 is 1.78 bits per heavy atom. The van der Waals surface area contributed by atoms with Gasteiger partial charge in [0.2, 0.25) is 0 Å². The predicted octanol–water partition coefficient (Wildman–Crippen LogP) is 3.29. The normalized spacial score (nSPS) is 18.5.